The summed E-state index contributed by atoms with van der Waals surface area (Å²) in [7, 11) is -3.06. The highest BCUT2D eigenvalue weighted by Gasteiger charge is 2.11. The number of nitrogens with zero attached hydrogens (tertiary/aromatic N) is 1. The van der Waals surface area contributed by atoms with Crippen LogP contribution in [0.15, 0.2) is 24.5 Å². The highest BCUT2D eigenvalue weighted by molar-refractivity contribution is 7.65. The van der Waals surface area contributed by atoms with Crippen LogP contribution >= 0.6 is 7.37 Å². The van der Waals surface area contributed by atoms with Crippen molar-refractivity contribution in [2.75, 3.05) is 6.66 Å². The molecular formula is C6H8NO2P. The number of pyridine rings is 1. The van der Waals surface area contributed by atoms with E-state index in [1.165, 1.54) is 19.1 Å². The standard InChI is InChI=1S/C6H8NO2P/c1-10(8,9)6-2-4-7-5-3-6/h2-5H,1H3,(H,8,9). The third kappa shape index (κ3) is 1.66. The minimum Gasteiger partial charge on any atom is -0.341 e. The van der Waals surface area contributed by atoms with Gasteiger partial charge in [-0.15, -0.1) is 0 Å². The van der Waals surface area contributed by atoms with Crippen molar-refractivity contribution in [2.45, 2.75) is 0 Å². The Hall–Kier alpha value is -0.660. The molecule has 0 aromatic carbocycles. The fourth-order valence-electron chi connectivity index (χ4n) is 0.621. The Bertz CT molecular complexity index is 254. The Balaban J connectivity index is 3.09. The van der Waals surface area contributed by atoms with Gasteiger partial charge in [0.05, 0.1) is 0 Å². The van der Waals surface area contributed by atoms with Crippen molar-refractivity contribution in [1.82, 2.24) is 4.98 Å². The zero-order valence-corrected chi connectivity index (χ0v) is 6.45. The number of aromatic nitrogens is 1. The first-order chi connectivity index (χ1) is 4.61. The molecule has 0 amide bonds. The van der Waals surface area contributed by atoms with Crippen LogP contribution in [0.1, 0.15) is 0 Å². The largest absolute Gasteiger partial charge is 0.341 e. The van der Waals surface area contributed by atoms with E-state index in [0.29, 0.717) is 5.30 Å². The first-order valence-corrected chi connectivity index (χ1v) is 4.92. The second kappa shape index (κ2) is 2.52. The smallest absolute Gasteiger partial charge is 0.226 e. The van der Waals surface area contributed by atoms with Crippen LogP contribution in [-0.4, -0.2) is 16.5 Å². The van der Waals surface area contributed by atoms with Gasteiger partial charge in [0.15, 0.2) is 0 Å². The van der Waals surface area contributed by atoms with Crippen molar-refractivity contribution in [3.8, 4) is 0 Å². The highest BCUT2D eigenvalue weighted by Crippen LogP contribution is 2.32. The molecule has 1 N–H and O–H groups in total. The van der Waals surface area contributed by atoms with E-state index in [4.69, 9.17) is 4.89 Å². The Morgan fingerprint density at radius 3 is 2.30 bits per heavy atom. The van der Waals surface area contributed by atoms with E-state index in [1.807, 2.05) is 0 Å². The predicted octanol–water partition coefficient (Wildman–Crippen LogP) is 0.607. The van der Waals surface area contributed by atoms with Crippen LogP contribution in [0.4, 0.5) is 0 Å². The van der Waals surface area contributed by atoms with E-state index in [1.54, 1.807) is 12.1 Å². The molecule has 1 aromatic heterocycles. The minimum atomic E-state index is -3.06. The van der Waals surface area contributed by atoms with E-state index in [-0.39, 0.29) is 0 Å². The van der Waals surface area contributed by atoms with Gasteiger partial charge >= 0.3 is 0 Å². The van der Waals surface area contributed by atoms with Gasteiger partial charge in [-0.05, 0) is 12.1 Å². The summed E-state index contributed by atoms with van der Waals surface area (Å²) in [6.45, 7) is 1.31. The molecule has 0 radical (unpaired) electrons. The highest BCUT2D eigenvalue weighted by atomic mass is 31.2. The average molecular weight is 157 g/mol. The third-order valence-electron chi connectivity index (χ3n) is 1.14. The van der Waals surface area contributed by atoms with E-state index < -0.39 is 7.37 Å². The van der Waals surface area contributed by atoms with Crippen LogP contribution in [0.5, 0.6) is 0 Å². The van der Waals surface area contributed by atoms with Gasteiger partial charge in [-0.1, -0.05) is 0 Å². The summed E-state index contributed by atoms with van der Waals surface area (Å²) < 4.78 is 10.9. The van der Waals surface area contributed by atoms with Gasteiger partial charge in [-0.25, -0.2) is 0 Å². The summed E-state index contributed by atoms with van der Waals surface area (Å²) in [5.41, 5.74) is 0. The molecule has 0 aliphatic carbocycles. The molecule has 3 nitrogen and oxygen atoms in total. The van der Waals surface area contributed by atoms with Gasteiger partial charge < -0.3 is 4.89 Å². The fraction of sp³-hybridized carbons (Fsp3) is 0.167. The Morgan fingerprint density at radius 2 is 2.00 bits per heavy atom. The summed E-state index contributed by atoms with van der Waals surface area (Å²) in [6, 6.07) is 3.08. The van der Waals surface area contributed by atoms with Gasteiger partial charge in [0.25, 0.3) is 0 Å². The molecule has 1 aromatic rings. The summed E-state index contributed by atoms with van der Waals surface area (Å²) >= 11 is 0. The average Bonchev–Trinajstić information content (AvgIpc) is 1.88. The van der Waals surface area contributed by atoms with Gasteiger partial charge in [0, 0.05) is 24.4 Å². The van der Waals surface area contributed by atoms with Crippen LogP contribution in [0, 0.1) is 0 Å². The van der Waals surface area contributed by atoms with Crippen molar-refractivity contribution < 1.29 is 9.46 Å². The van der Waals surface area contributed by atoms with E-state index in [2.05, 4.69) is 4.98 Å². The van der Waals surface area contributed by atoms with E-state index in [0.717, 1.165) is 0 Å². The third-order valence-corrected chi connectivity index (χ3v) is 2.40. The number of hydrogen-bond acceptors (Lipinski definition) is 2. The lowest BCUT2D eigenvalue weighted by atomic mass is 10.5. The van der Waals surface area contributed by atoms with E-state index >= 15 is 0 Å². The van der Waals surface area contributed by atoms with Crippen LogP contribution in [-0.2, 0) is 4.57 Å². The predicted molar refractivity (Wildman–Crippen MR) is 39.6 cm³/mol. The molecule has 10 heavy (non-hydrogen) atoms. The summed E-state index contributed by atoms with van der Waals surface area (Å²) in [5, 5.41) is 0.447. The van der Waals surface area contributed by atoms with Crippen LogP contribution in [0.2, 0.25) is 0 Å². The molecule has 0 spiro atoms. The van der Waals surface area contributed by atoms with Crippen molar-refractivity contribution in [3.05, 3.63) is 24.5 Å². The topological polar surface area (TPSA) is 50.2 Å². The van der Waals surface area contributed by atoms with Gasteiger partial charge in [0.2, 0.25) is 7.37 Å². The molecule has 1 atom stereocenters. The van der Waals surface area contributed by atoms with Crippen molar-refractivity contribution in [1.29, 1.82) is 0 Å². The molecule has 0 fully saturated rings. The molecule has 0 aliphatic heterocycles. The Labute approximate surface area is 59.2 Å². The Morgan fingerprint density at radius 1 is 1.50 bits per heavy atom. The molecule has 54 valence electrons. The molecule has 0 bridgehead atoms. The summed E-state index contributed by atoms with van der Waals surface area (Å²) in [6.07, 6.45) is 3.00. The second-order valence-electron chi connectivity index (χ2n) is 2.08. The molecule has 1 rings (SSSR count). The maximum Gasteiger partial charge on any atom is 0.226 e. The minimum absolute atomic E-state index is 0.447. The first kappa shape index (κ1) is 7.45. The van der Waals surface area contributed by atoms with Crippen LogP contribution < -0.4 is 5.30 Å². The zero-order valence-electron chi connectivity index (χ0n) is 5.56. The molecule has 1 unspecified atom stereocenters. The monoisotopic (exact) mass is 157 g/mol. The van der Waals surface area contributed by atoms with Crippen LogP contribution in [0.3, 0.4) is 0 Å². The molecular weight excluding hydrogens is 149 g/mol. The Kier molecular flexibility index (Phi) is 1.88. The zero-order chi connectivity index (χ0) is 7.61. The lowest BCUT2D eigenvalue weighted by molar-refractivity contribution is 0.496. The normalized spacial score (nSPS) is 16.2. The second-order valence-corrected chi connectivity index (χ2v) is 4.36. The summed E-state index contributed by atoms with van der Waals surface area (Å²) in [5.74, 6) is 0. The lowest BCUT2D eigenvalue weighted by Crippen LogP contribution is -2.01. The quantitative estimate of drug-likeness (QED) is 0.607. The first-order valence-electron chi connectivity index (χ1n) is 2.81. The fourth-order valence-corrected chi connectivity index (χ4v) is 1.31. The number of hydrogen-bond donors (Lipinski definition) is 1. The SMILES string of the molecule is CP(=O)(O)c1ccncc1. The maximum absolute atomic E-state index is 10.9. The molecule has 0 saturated heterocycles. The van der Waals surface area contributed by atoms with Crippen molar-refractivity contribution in [3.63, 3.8) is 0 Å². The van der Waals surface area contributed by atoms with Gasteiger partial charge in [0.1, 0.15) is 0 Å². The van der Waals surface area contributed by atoms with Crippen LogP contribution in [0.25, 0.3) is 0 Å². The molecule has 0 aliphatic rings. The maximum atomic E-state index is 10.9. The van der Waals surface area contributed by atoms with Gasteiger partial charge in [-0.2, -0.15) is 0 Å². The summed E-state index contributed by atoms with van der Waals surface area (Å²) in [4.78, 5) is 12.7. The van der Waals surface area contributed by atoms with Crippen molar-refractivity contribution >= 4 is 12.7 Å². The lowest BCUT2D eigenvalue weighted by Gasteiger charge is -2.02. The molecule has 1 heterocycles. The molecule has 0 saturated carbocycles. The van der Waals surface area contributed by atoms with E-state index in [9.17, 15) is 4.57 Å². The molecule has 4 heteroatoms. The van der Waals surface area contributed by atoms with Gasteiger partial charge in [-0.3, -0.25) is 9.55 Å². The number of rotatable bonds is 1. The van der Waals surface area contributed by atoms with Crippen molar-refractivity contribution in [2.24, 2.45) is 0 Å².